The van der Waals surface area contributed by atoms with Gasteiger partial charge in [-0.25, -0.2) is 0 Å². The minimum absolute atomic E-state index is 0.0873. The quantitative estimate of drug-likeness (QED) is 0.326. The summed E-state index contributed by atoms with van der Waals surface area (Å²) >= 11 is 12.0. The number of nitrogens with zero attached hydrogens (tertiary/aromatic N) is 1. The Bertz CT molecular complexity index is 1070. The molecule has 5 nitrogen and oxygen atoms in total. The molecule has 1 fully saturated rings. The van der Waals surface area contributed by atoms with E-state index in [4.69, 9.17) is 37.1 Å². The van der Waals surface area contributed by atoms with Gasteiger partial charge >= 0.3 is 0 Å². The third-order valence-corrected chi connectivity index (χ3v) is 5.40. The maximum absolute atomic E-state index is 12.5. The number of rotatable bonds is 7. The third-order valence-electron chi connectivity index (χ3n) is 4.87. The highest BCUT2D eigenvalue weighted by atomic mass is 35.5. The van der Waals surface area contributed by atoms with Crippen LogP contribution in [-0.2, 0) is 11.3 Å². The van der Waals surface area contributed by atoms with Crippen LogP contribution in [0.4, 0.5) is 5.69 Å². The lowest BCUT2D eigenvalue weighted by molar-refractivity contribution is 0.104. The Morgan fingerprint density at radius 1 is 1.03 bits per heavy atom. The predicted molar refractivity (Wildman–Crippen MR) is 122 cm³/mol. The van der Waals surface area contributed by atoms with Crippen molar-refractivity contribution in [1.82, 2.24) is 0 Å². The van der Waals surface area contributed by atoms with Crippen LogP contribution >= 0.6 is 23.2 Å². The van der Waals surface area contributed by atoms with Gasteiger partial charge in [-0.05, 0) is 66.7 Å². The lowest BCUT2D eigenvalue weighted by Crippen LogP contribution is -2.36. The summed E-state index contributed by atoms with van der Waals surface area (Å²) in [5.41, 5.74) is 1.72. The molecular weight excluding hydrogens is 437 g/mol. The highest BCUT2D eigenvalue weighted by Crippen LogP contribution is 2.28. The first-order chi connectivity index (χ1) is 15.1. The molecule has 160 valence electrons. The molecule has 0 radical (unpaired) electrons. The minimum Gasteiger partial charge on any atom is -0.484 e. The van der Waals surface area contributed by atoms with Crippen molar-refractivity contribution in [2.45, 2.75) is 6.61 Å². The number of ether oxygens (including phenoxy) is 2. The van der Waals surface area contributed by atoms with Crippen LogP contribution < -0.4 is 9.64 Å². The fourth-order valence-corrected chi connectivity index (χ4v) is 3.68. The molecular formula is C24H21Cl2NO4. The van der Waals surface area contributed by atoms with E-state index in [0.717, 1.165) is 32.0 Å². The minimum atomic E-state index is -0.0873. The zero-order valence-electron chi connectivity index (χ0n) is 16.7. The van der Waals surface area contributed by atoms with Crippen LogP contribution in [0.5, 0.6) is 5.75 Å². The number of allylic oxidation sites excluding steroid dienone is 1. The van der Waals surface area contributed by atoms with Crippen LogP contribution in [-0.4, -0.2) is 32.1 Å². The number of furan rings is 1. The number of carbonyl (C=O) groups is 1. The average Bonchev–Trinajstić information content (AvgIpc) is 3.25. The fraction of sp³-hybridized carbons (Fsp3) is 0.208. The number of halogens is 2. The number of hydrogen-bond acceptors (Lipinski definition) is 5. The van der Waals surface area contributed by atoms with E-state index in [9.17, 15) is 4.79 Å². The first kappa shape index (κ1) is 21.5. The van der Waals surface area contributed by atoms with E-state index < -0.39 is 0 Å². The highest BCUT2D eigenvalue weighted by molar-refractivity contribution is 6.35. The Labute approximate surface area is 190 Å². The number of anilines is 1. The molecule has 4 rings (SSSR count). The maximum atomic E-state index is 12.5. The summed E-state index contributed by atoms with van der Waals surface area (Å²) in [7, 11) is 0. The third kappa shape index (κ3) is 5.70. The van der Waals surface area contributed by atoms with Gasteiger partial charge in [0, 0.05) is 29.4 Å². The van der Waals surface area contributed by atoms with Gasteiger partial charge in [-0.15, -0.1) is 0 Å². The molecule has 0 atom stereocenters. The van der Waals surface area contributed by atoms with Crippen LogP contribution in [0.1, 0.15) is 21.9 Å². The largest absolute Gasteiger partial charge is 0.484 e. The van der Waals surface area contributed by atoms with E-state index in [1.807, 2.05) is 24.3 Å². The Morgan fingerprint density at radius 2 is 1.81 bits per heavy atom. The van der Waals surface area contributed by atoms with E-state index in [1.54, 1.807) is 36.4 Å². The summed E-state index contributed by atoms with van der Waals surface area (Å²) in [5.74, 6) is 1.62. The summed E-state index contributed by atoms with van der Waals surface area (Å²) in [6.07, 6.45) is 3.15. The van der Waals surface area contributed by atoms with Gasteiger partial charge in [-0.1, -0.05) is 23.2 Å². The normalized spacial score (nSPS) is 14.2. The highest BCUT2D eigenvalue weighted by Gasteiger charge is 2.12. The molecule has 0 bridgehead atoms. The molecule has 1 saturated heterocycles. The maximum Gasteiger partial charge on any atom is 0.185 e. The second-order valence-corrected chi connectivity index (χ2v) is 7.86. The van der Waals surface area contributed by atoms with Gasteiger partial charge in [0.1, 0.15) is 23.9 Å². The SMILES string of the molecule is O=C(/C=C/c1ccc(COc2ccc(Cl)cc2Cl)o1)c1ccc(N2CCOCC2)cc1. The van der Waals surface area contributed by atoms with Crippen molar-refractivity contribution in [3.8, 4) is 5.75 Å². The Hall–Kier alpha value is -2.73. The van der Waals surface area contributed by atoms with Crippen LogP contribution in [0, 0.1) is 0 Å². The molecule has 31 heavy (non-hydrogen) atoms. The zero-order valence-corrected chi connectivity index (χ0v) is 18.2. The van der Waals surface area contributed by atoms with E-state index in [2.05, 4.69) is 4.90 Å². The predicted octanol–water partition coefficient (Wildman–Crippen LogP) is 5.90. The van der Waals surface area contributed by atoms with Crippen molar-refractivity contribution in [3.63, 3.8) is 0 Å². The summed E-state index contributed by atoms with van der Waals surface area (Å²) in [6, 6.07) is 16.2. The standard InChI is InChI=1S/C24H21Cl2NO4/c25-18-3-10-24(22(26)15-18)30-16-21-7-6-20(31-21)8-9-23(28)17-1-4-19(5-2-17)27-11-13-29-14-12-27/h1-10,15H,11-14,16H2/b9-8+. The summed E-state index contributed by atoms with van der Waals surface area (Å²) < 4.78 is 16.7. The summed E-state index contributed by atoms with van der Waals surface area (Å²) in [5, 5.41) is 0.979. The van der Waals surface area contributed by atoms with Gasteiger partial charge in [-0.2, -0.15) is 0 Å². The van der Waals surface area contributed by atoms with E-state index in [1.165, 1.54) is 6.08 Å². The van der Waals surface area contributed by atoms with Crippen molar-refractivity contribution >= 4 is 40.7 Å². The number of morpholine rings is 1. The summed E-state index contributed by atoms with van der Waals surface area (Å²) in [4.78, 5) is 14.7. The molecule has 1 aliphatic heterocycles. The molecule has 1 aliphatic rings. The van der Waals surface area contributed by atoms with Crippen molar-refractivity contribution in [1.29, 1.82) is 0 Å². The van der Waals surface area contributed by atoms with Crippen LogP contribution in [0.3, 0.4) is 0 Å². The monoisotopic (exact) mass is 457 g/mol. The molecule has 0 saturated carbocycles. The van der Waals surface area contributed by atoms with Gasteiger partial charge in [0.05, 0.1) is 18.2 Å². The van der Waals surface area contributed by atoms with Crippen molar-refractivity contribution < 1.29 is 18.7 Å². The number of hydrogen-bond donors (Lipinski definition) is 0. The molecule has 2 aromatic carbocycles. The number of carbonyl (C=O) groups excluding carboxylic acids is 1. The second kappa shape index (κ2) is 10.1. The average molecular weight is 458 g/mol. The van der Waals surface area contributed by atoms with E-state index >= 15 is 0 Å². The molecule has 2 heterocycles. The smallest absolute Gasteiger partial charge is 0.185 e. The van der Waals surface area contributed by atoms with E-state index in [0.29, 0.717) is 32.9 Å². The Morgan fingerprint density at radius 3 is 2.55 bits per heavy atom. The van der Waals surface area contributed by atoms with Crippen molar-refractivity contribution in [2.24, 2.45) is 0 Å². The van der Waals surface area contributed by atoms with Crippen LogP contribution in [0.25, 0.3) is 6.08 Å². The van der Waals surface area contributed by atoms with Gasteiger partial charge in [0.25, 0.3) is 0 Å². The topological polar surface area (TPSA) is 51.9 Å². The molecule has 0 amide bonds. The second-order valence-electron chi connectivity index (χ2n) is 7.01. The molecule has 0 unspecified atom stereocenters. The van der Waals surface area contributed by atoms with Crippen LogP contribution in [0.15, 0.2) is 65.1 Å². The molecule has 0 N–H and O–H groups in total. The number of benzene rings is 2. The zero-order chi connectivity index (χ0) is 21.6. The van der Waals surface area contributed by atoms with Crippen molar-refractivity contribution in [2.75, 3.05) is 31.2 Å². The number of ketones is 1. The van der Waals surface area contributed by atoms with Gasteiger partial charge < -0.3 is 18.8 Å². The molecule has 7 heteroatoms. The van der Waals surface area contributed by atoms with Gasteiger partial charge in [0.15, 0.2) is 5.78 Å². The molecule has 3 aromatic rings. The molecule has 1 aromatic heterocycles. The van der Waals surface area contributed by atoms with Crippen LogP contribution in [0.2, 0.25) is 10.0 Å². The molecule has 0 spiro atoms. The Kier molecular flexibility index (Phi) is 6.97. The molecule has 0 aliphatic carbocycles. The van der Waals surface area contributed by atoms with Crippen molar-refractivity contribution in [3.05, 3.63) is 87.8 Å². The fourth-order valence-electron chi connectivity index (χ4n) is 3.21. The van der Waals surface area contributed by atoms with E-state index in [-0.39, 0.29) is 12.4 Å². The van der Waals surface area contributed by atoms with Gasteiger partial charge in [0.2, 0.25) is 0 Å². The first-order valence-electron chi connectivity index (χ1n) is 9.90. The lowest BCUT2D eigenvalue weighted by atomic mass is 10.1. The van der Waals surface area contributed by atoms with Gasteiger partial charge in [-0.3, -0.25) is 4.79 Å². The first-order valence-corrected chi connectivity index (χ1v) is 10.7. The summed E-state index contributed by atoms with van der Waals surface area (Å²) in [6.45, 7) is 3.40. The Balaban J connectivity index is 1.33. The lowest BCUT2D eigenvalue weighted by Gasteiger charge is -2.28.